The van der Waals surface area contributed by atoms with E-state index in [4.69, 9.17) is 0 Å². The number of nitrogens with zero attached hydrogens (tertiary/aromatic N) is 1. The molecule has 0 atom stereocenters. The second-order valence-electron chi connectivity index (χ2n) is 5.16. The molecule has 15 heavy (non-hydrogen) atoms. The van der Waals surface area contributed by atoms with Gasteiger partial charge in [0, 0.05) is 14.2 Å². The van der Waals surface area contributed by atoms with E-state index in [2.05, 4.69) is 32.4 Å². The van der Waals surface area contributed by atoms with Crippen LogP contribution in [0.15, 0.2) is 0 Å². The first kappa shape index (κ1) is 24.5. The van der Waals surface area contributed by atoms with E-state index < -0.39 is 0 Å². The third-order valence-corrected chi connectivity index (χ3v) is 0. The van der Waals surface area contributed by atoms with Crippen LogP contribution in [0.25, 0.3) is 0 Å². The zero-order valence-electron chi connectivity index (χ0n) is 12.8. The maximum atomic E-state index is 4.25. The molecule has 0 radical (unpaired) electrons. The van der Waals surface area contributed by atoms with Gasteiger partial charge in [0.2, 0.25) is 0 Å². The van der Waals surface area contributed by atoms with Gasteiger partial charge < -0.3 is 9.64 Å². The van der Waals surface area contributed by atoms with Crippen LogP contribution in [-0.2, 0) is 4.74 Å². The van der Waals surface area contributed by atoms with Crippen LogP contribution in [0.5, 0.6) is 0 Å². The fourth-order valence-electron chi connectivity index (χ4n) is 0. The van der Waals surface area contributed by atoms with Gasteiger partial charge in [0.05, 0.1) is 0 Å². The summed E-state index contributed by atoms with van der Waals surface area (Å²) in [5.74, 6) is 0. The number of rotatable bonds is 0. The topological polar surface area (TPSA) is 12.5 Å². The first-order valence-electron chi connectivity index (χ1n) is 4.97. The molecule has 0 heterocycles. The summed E-state index contributed by atoms with van der Waals surface area (Å²) in [6.07, 6.45) is 4.08. The largest absolute Gasteiger partial charge is 0.388 e. The second kappa shape index (κ2) is 19.8. The molecule has 0 aromatic rings. The minimum absolute atomic E-state index is 0.500. The summed E-state index contributed by atoms with van der Waals surface area (Å²) < 4.78 is 4.25. The van der Waals surface area contributed by atoms with Crippen molar-refractivity contribution >= 4 is 11.8 Å². The molecule has 3 heteroatoms. The van der Waals surface area contributed by atoms with Gasteiger partial charge in [-0.15, -0.1) is 0 Å². The van der Waals surface area contributed by atoms with E-state index in [1.54, 1.807) is 26.0 Å². The molecule has 0 aliphatic heterocycles. The molecule has 0 spiro atoms. The maximum absolute atomic E-state index is 4.25. The van der Waals surface area contributed by atoms with Crippen molar-refractivity contribution in [3.05, 3.63) is 0 Å². The smallest absolute Gasteiger partial charge is 0.0351 e. The highest BCUT2D eigenvalue weighted by Gasteiger charge is 1.95. The van der Waals surface area contributed by atoms with Crippen LogP contribution in [0.3, 0.4) is 0 Å². The Balaban J connectivity index is -0.0000000553. The maximum Gasteiger partial charge on any atom is 0.0351 e. The monoisotopic (exact) mass is 239 g/mol. The molecule has 0 unspecified atom stereocenters. The van der Waals surface area contributed by atoms with Crippen LogP contribution in [-0.4, -0.2) is 52.8 Å². The van der Waals surface area contributed by atoms with Gasteiger partial charge >= 0.3 is 0 Å². The van der Waals surface area contributed by atoms with Crippen molar-refractivity contribution < 1.29 is 4.74 Å². The van der Waals surface area contributed by atoms with Gasteiger partial charge in [0.15, 0.2) is 0 Å². The van der Waals surface area contributed by atoms with Gasteiger partial charge in [-0.25, -0.2) is 0 Å². The lowest BCUT2D eigenvalue weighted by Gasteiger charge is -2.05. The Morgan fingerprint density at radius 2 is 0.867 bits per heavy atom. The standard InChI is InChI=1S/C5H12.C3H9N.C2H6O.C2H6S/c1-5(2,3)4;1-4(2)3;2*1-3-2/h1-4H3;1-3H3;2*1-2H3. The van der Waals surface area contributed by atoms with E-state index >= 15 is 0 Å². The van der Waals surface area contributed by atoms with E-state index in [1.165, 1.54) is 0 Å². The Bertz CT molecular complexity index is 69.4. The van der Waals surface area contributed by atoms with Crippen LogP contribution in [0.1, 0.15) is 27.7 Å². The molecule has 0 aromatic carbocycles. The Morgan fingerprint density at radius 1 is 0.867 bits per heavy atom. The average molecular weight is 239 g/mol. The molecule has 0 saturated carbocycles. The highest BCUT2D eigenvalue weighted by molar-refractivity contribution is 7.97. The number of methoxy groups -OCH3 is 1. The molecule has 0 aliphatic rings. The zero-order chi connectivity index (χ0) is 13.5. The molecule has 2 nitrogen and oxygen atoms in total. The molecule has 0 amide bonds. The highest BCUT2D eigenvalue weighted by Crippen LogP contribution is 2.07. The first-order valence-corrected chi connectivity index (χ1v) is 6.61. The van der Waals surface area contributed by atoms with Gasteiger partial charge in [-0.05, 0) is 39.1 Å². The number of hydrogen-bond acceptors (Lipinski definition) is 3. The summed E-state index contributed by atoms with van der Waals surface area (Å²) in [5.41, 5.74) is 0.500. The lowest BCUT2D eigenvalue weighted by Crippen LogP contribution is -1.99. The predicted octanol–water partition coefficient (Wildman–Crippen LogP) is 3.47. The van der Waals surface area contributed by atoms with Crippen LogP contribution in [0.2, 0.25) is 0 Å². The molecule has 0 aromatic heterocycles. The molecule has 0 saturated heterocycles. The van der Waals surface area contributed by atoms with Crippen molar-refractivity contribution in [3.8, 4) is 0 Å². The van der Waals surface area contributed by atoms with Crippen molar-refractivity contribution in [2.24, 2.45) is 5.41 Å². The Morgan fingerprint density at radius 3 is 0.867 bits per heavy atom. The van der Waals surface area contributed by atoms with Gasteiger partial charge in [-0.2, -0.15) is 11.8 Å². The van der Waals surface area contributed by atoms with Gasteiger partial charge in [0.1, 0.15) is 0 Å². The molecular formula is C12H33NOS. The van der Waals surface area contributed by atoms with Crippen molar-refractivity contribution in [2.45, 2.75) is 27.7 Å². The average Bonchev–Trinajstić information content (AvgIpc) is 1.82. The van der Waals surface area contributed by atoms with Crippen LogP contribution in [0, 0.1) is 5.41 Å². The summed E-state index contributed by atoms with van der Waals surface area (Å²) in [6.45, 7) is 8.75. The van der Waals surface area contributed by atoms with Crippen LogP contribution < -0.4 is 0 Å². The summed E-state index contributed by atoms with van der Waals surface area (Å²) in [6, 6.07) is 0. The zero-order valence-corrected chi connectivity index (χ0v) is 13.6. The Labute approximate surface area is 103 Å². The first-order chi connectivity index (χ1) is 6.56. The van der Waals surface area contributed by atoms with E-state index in [0.717, 1.165) is 0 Å². The summed E-state index contributed by atoms with van der Waals surface area (Å²) in [5, 5.41) is 0. The van der Waals surface area contributed by atoms with E-state index in [1.807, 2.05) is 38.6 Å². The molecule has 0 fully saturated rings. The predicted molar refractivity (Wildman–Crippen MR) is 77.1 cm³/mol. The van der Waals surface area contributed by atoms with E-state index in [9.17, 15) is 0 Å². The molecule has 98 valence electrons. The molecule has 0 N–H and O–H groups in total. The SMILES string of the molecule is CC(C)(C)C.CN(C)C.COC.CSC. The van der Waals surface area contributed by atoms with Gasteiger partial charge in [-0.1, -0.05) is 27.7 Å². The van der Waals surface area contributed by atoms with Crippen molar-refractivity contribution in [2.75, 3.05) is 47.9 Å². The normalized spacial score (nSPS) is 8.80. The quantitative estimate of drug-likeness (QED) is 0.642. The summed E-state index contributed by atoms with van der Waals surface area (Å²) in [7, 11) is 9.25. The fraction of sp³-hybridized carbons (Fsp3) is 1.00. The van der Waals surface area contributed by atoms with E-state index in [-0.39, 0.29) is 0 Å². The third-order valence-electron chi connectivity index (χ3n) is 0. The van der Waals surface area contributed by atoms with Gasteiger partial charge in [0.25, 0.3) is 0 Å². The number of ether oxygens (including phenoxy) is 1. The number of hydrogen-bond donors (Lipinski definition) is 0. The summed E-state index contributed by atoms with van der Waals surface area (Å²) >= 11 is 1.75. The minimum atomic E-state index is 0.500. The Kier molecular flexibility index (Phi) is 32.3. The van der Waals surface area contributed by atoms with E-state index in [0.29, 0.717) is 5.41 Å². The lowest BCUT2D eigenvalue weighted by molar-refractivity contribution is 0.277. The second-order valence-corrected chi connectivity index (χ2v) is 5.97. The summed E-state index contributed by atoms with van der Waals surface area (Å²) in [4.78, 5) is 2.00. The van der Waals surface area contributed by atoms with Crippen molar-refractivity contribution in [1.29, 1.82) is 0 Å². The molecular weight excluding hydrogens is 206 g/mol. The van der Waals surface area contributed by atoms with Crippen LogP contribution in [0.4, 0.5) is 0 Å². The highest BCUT2D eigenvalue weighted by atomic mass is 32.2. The Hall–Kier alpha value is 0.270. The third kappa shape index (κ3) is 29500. The molecule has 0 bridgehead atoms. The van der Waals surface area contributed by atoms with Crippen LogP contribution >= 0.6 is 11.8 Å². The minimum Gasteiger partial charge on any atom is -0.388 e. The number of thioether (sulfide) groups is 1. The molecule has 0 aliphatic carbocycles. The molecule has 0 rings (SSSR count). The van der Waals surface area contributed by atoms with Crippen molar-refractivity contribution in [3.63, 3.8) is 0 Å². The van der Waals surface area contributed by atoms with Crippen molar-refractivity contribution in [1.82, 2.24) is 4.90 Å². The van der Waals surface area contributed by atoms with Gasteiger partial charge in [-0.3, -0.25) is 0 Å². The fourth-order valence-corrected chi connectivity index (χ4v) is 0. The lowest BCUT2D eigenvalue weighted by atomic mass is 10.0.